The highest BCUT2D eigenvalue weighted by atomic mass is 32.1. The monoisotopic (exact) mass is 210 g/mol. The molecule has 0 aromatic carbocycles. The van der Waals surface area contributed by atoms with Crippen LogP contribution in [0.5, 0.6) is 0 Å². The maximum absolute atomic E-state index is 9.90. The minimum absolute atomic E-state index is 0.552. The molecule has 5 nitrogen and oxygen atoms in total. The Bertz CT molecular complexity index is 397. The molecule has 0 amide bonds. The van der Waals surface area contributed by atoms with Crippen molar-refractivity contribution in [2.75, 3.05) is 0 Å². The summed E-state index contributed by atoms with van der Waals surface area (Å²) >= 11 is 1.08. The summed E-state index contributed by atoms with van der Waals surface area (Å²) in [6.07, 6.45) is 4.29. The van der Waals surface area contributed by atoms with E-state index in [0.29, 0.717) is 11.5 Å². The van der Waals surface area contributed by atoms with Crippen LogP contribution < -0.4 is 0 Å². The zero-order valence-corrected chi connectivity index (χ0v) is 8.48. The molecule has 0 saturated heterocycles. The molecule has 0 bridgehead atoms. The molecule has 2 heterocycles. The van der Waals surface area contributed by atoms with Crippen LogP contribution in [0, 0.1) is 0 Å². The Kier molecular flexibility index (Phi) is 2.55. The molecule has 74 valence electrons. The van der Waals surface area contributed by atoms with Gasteiger partial charge in [-0.3, -0.25) is 0 Å². The van der Waals surface area contributed by atoms with Crippen LogP contribution in [0.1, 0.15) is 24.5 Å². The molecule has 0 saturated carbocycles. The SMILES string of the molecule is CCn1ccnc1C(O)c1cnsn1. The number of rotatable bonds is 3. The molecule has 1 atom stereocenters. The standard InChI is InChI=1S/C8H10N4OS/c1-2-12-4-3-9-8(12)7(13)6-5-10-14-11-6/h3-5,7,13H,2H2,1H3. The van der Waals surface area contributed by atoms with E-state index in [2.05, 4.69) is 13.7 Å². The number of aryl methyl sites for hydroxylation is 1. The van der Waals surface area contributed by atoms with Crippen LogP contribution in [0.4, 0.5) is 0 Å². The average molecular weight is 210 g/mol. The summed E-state index contributed by atoms with van der Waals surface area (Å²) in [7, 11) is 0. The zero-order valence-electron chi connectivity index (χ0n) is 7.66. The van der Waals surface area contributed by atoms with Crippen molar-refractivity contribution in [3.63, 3.8) is 0 Å². The summed E-state index contributed by atoms with van der Waals surface area (Å²) < 4.78 is 9.70. The third-order valence-electron chi connectivity index (χ3n) is 1.99. The highest BCUT2D eigenvalue weighted by molar-refractivity contribution is 6.99. The van der Waals surface area contributed by atoms with Crippen LogP contribution in [-0.2, 0) is 6.54 Å². The Balaban J connectivity index is 2.31. The molecule has 1 N–H and O–H groups in total. The van der Waals surface area contributed by atoms with Crippen molar-refractivity contribution in [1.29, 1.82) is 0 Å². The summed E-state index contributed by atoms with van der Waals surface area (Å²) in [5.41, 5.74) is 0.552. The molecule has 0 aliphatic rings. The lowest BCUT2D eigenvalue weighted by Crippen LogP contribution is -2.08. The topological polar surface area (TPSA) is 63.8 Å². The van der Waals surface area contributed by atoms with Crippen molar-refractivity contribution in [2.45, 2.75) is 19.6 Å². The van der Waals surface area contributed by atoms with Gasteiger partial charge in [0.2, 0.25) is 0 Å². The van der Waals surface area contributed by atoms with Crippen LogP contribution >= 0.6 is 11.7 Å². The maximum Gasteiger partial charge on any atom is 0.156 e. The Hall–Kier alpha value is -1.27. The fourth-order valence-corrected chi connectivity index (χ4v) is 1.70. The predicted molar refractivity (Wildman–Crippen MR) is 51.9 cm³/mol. The molecule has 0 radical (unpaired) electrons. The third kappa shape index (κ3) is 1.53. The second-order valence-corrected chi connectivity index (χ2v) is 3.36. The van der Waals surface area contributed by atoms with E-state index in [9.17, 15) is 5.11 Å². The Labute approximate surface area is 85.4 Å². The second-order valence-electron chi connectivity index (χ2n) is 2.81. The van der Waals surface area contributed by atoms with Gasteiger partial charge in [-0.2, -0.15) is 8.75 Å². The van der Waals surface area contributed by atoms with Crippen molar-refractivity contribution in [2.24, 2.45) is 0 Å². The van der Waals surface area contributed by atoms with Gasteiger partial charge in [-0.25, -0.2) is 4.98 Å². The Morgan fingerprint density at radius 2 is 2.50 bits per heavy atom. The van der Waals surface area contributed by atoms with Gasteiger partial charge in [-0.15, -0.1) is 0 Å². The molecule has 0 fully saturated rings. The molecule has 0 aliphatic heterocycles. The van der Waals surface area contributed by atoms with Gasteiger partial charge in [0.25, 0.3) is 0 Å². The molecule has 0 spiro atoms. The molecular weight excluding hydrogens is 200 g/mol. The van der Waals surface area contributed by atoms with Crippen molar-refractivity contribution in [3.05, 3.63) is 30.1 Å². The Morgan fingerprint density at radius 1 is 1.64 bits per heavy atom. The first-order chi connectivity index (χ1) is 6.83. The van der Waals surface area contributed by atoms with E-state index in [1.165, 1.54) is 0 Å². The molecule has 0 aliphatic carbocycles. The quantitative estimate of drug-likeness (QED) is 0.815. The summed E-state index contributed by atoms with van der Waals surface area (Å²) in [5, 5.41) is 9.90. The van der Waals surface area contributed by atoms with E-state index in [0.717, 1.165) is 18.3 Å². The van der Waals surface area contributed by atoms with E-state index in [4.69, 9.17) is 0 Å². The van der Waals surface area contributed by atoms with Crippen molar-refractivity contribution in [1.82, 2.24) is 18.3 Å². The average Bonchev–Trinajstić information content (AvgIpc) is 2.87. The molecule has 1 unspecified atom stereocenters. The van der Waals surface area contributed by atoms with Gasteiger partial charge in [0.15, 0.2) is 6.10 Å². The van der Waals surface area contributed by atoms with Gasteiger partial charge in [0, 0.05) is 18.9 Å². The van der Waals surface area contributed by atoms with Crippen LogP contribution in [-0.4, -0.2) is 23.4 Å². The first kappa shape index (κ1) is 9.29. The minimum Gasteiger partial charge on any atom is -0.379 e. The fourth-order valence-electron chi connectivity index (χ4n) is 1.26. The molecule has 14 heavy (non-hydrogen) atoms. The first-order valence-electron chi connectivity index (χ1n) is 4.29. The van der Waals surface area contributed by atoms with Gasteiger partial charge >= 0.3 is 0 Å². The first-order valence-corrected chi connectivity index (χ1v) is 5.02. The number of hydrogen-bond donors (Lipinski definition) is 1. The van der Waals surface area contributed by atoms with Crippen molar-refractivity contribution >= 4 is 11.7 Å². The molecule has 2 rings (SSSR count). The van der Waals surface area contributed by atoms with Gasteiger partial charge in [-0.05, 0) is 6.92 Å². The van der Waals surface area contributed by atoms with E-state index < -0.39 is 6.10 Å². The van der Waals surface area contributed by atoms with Gasteiger partial charge in [0.05, 0.1) is 17.9 Å². The van der Waals surface area contributed by atoms with E-state index >= 15 is 0 Å². The van der Waals surface area contributed by atoms with Crippen LogP contribution in [0.25, 0.3) is 0 Å². The van der Waals surface area contributed by atoms with Crippen LogP contribution in [0.2, 0.25) is 0 Å². The zero-order chi connectivity index (χ0) is 9.97. The summed E-state index contributed by atoms with van der Waals surface area (Å²) in [5.74, 6) is 0.611. The lowest BCUT2D eigenvalue weighted by molar-refractivity contribution is 0.201. The van der Waals surface area contributed by atoms with E-state index in [1.807, 2.05) is 17.7 Å². The summed E-state index contributed by atoms with van der Waals surface area (Å²) in [6.45, 7) is 2.78. The van der Waals surface area contributed by atoms with Crippen LogP contribution in [0.3, 0.4) is 0 Å². The highest BCUT2D eigenvalue weighted by Gasteiger charge is 2.17. The lowest BCUT2D eigenvalue weighted by atomic mass is 10.2. The molecule has 6 heteroatoms. The van der Waals surface area contributed by atoms with Crippen molar-refractivity contribution in [3.8, 4) is 0 Å². The number of aliphatic hydroxyl groups is 1. The second kappa shape index (κ2) is 3.85. The minimum atomic E-state index is -0.774. The third-order valence-corrected chi connectivity index (χ3v) is 2.48. The van der Waals surface area contributed by atoms with Gasteiger partial charge in [0.1, 0.15) is 11.5 Å². The number of nitrogens with zero attached hydrogens (tertiary/aromatic N) is 4. The molecule has 2 aromatic rings. The number of hydrogen-bond acceptors (Lipinski definition) is 5. The number of imidazole rings is 1. The molecular formula is C8H10N4OS. The predicted octanol–water partition coefficient (Wildman–Crippen LogP) is 0.836. The Morgan fingerprint density at radius 3 is 3.14 bits per heavy atom. The van der Waals surface area contributed by atoms with E-state index in [1.54, 1.807) is 12.4 Å². The van der Waals surface area contributed by atoms with Crippen molar-refractivity contribution < 1.29 is 5.11 Å². The van der Waals surface area contributed by atoms with Gasteiger partial charge < -0.3 is 9.67 Å². The fraction of sp³-hybridized carbons (Fsp3) is 0.375. The number of aromatic nitrogens is 4. The van der Waals surface area contributed by atoms with Crippen LogP contribution in [0.15, 0.2) is 18.6 Å². The van der Waals surface area contributed by atoms with E-state index in [-0.39, 0.29) is 0 Å². The summed E-state index contributed by atoms with van der Waals surface area (Å²) in [4.78, 5) is 4.09. The lowest BCUT2D eigenvalue weighted by Gasteiger charge is -2.08. The normalized spacial score (nSPS) is 13.0. The smallest absolute Gasteiger partial charge is 0.156 e. The highest BCUT2D eigenvalue weighted by Crippen LogP contribution is 2.18. The van der Waals surface area contributed by atoms with Gasteiger partial charge in [-0.1, -0.05) is 0 Å². The maximum atomic E-state index is 9.90. The summed E-state index contributed by atoms with van der Waals surface area (Å²) in [6, 6.07) is 0. The number of aliphatic hydroxyl groups excluding tert-OH is 1. The largest absolute Gasteiger partial charge is 0.379 e. The molecule has 2 aromatic heterocycles.